The molecule has 166 valence electrons. The van der Waals surface area contributed by atoms with Crippen LogP contribution in [-0.4, -0.2) is 43.1 Å². The second kappa shape index (κ2) is 9.04. The first-order chi connectivity index (χ1) is 16.2. The first-order valence-electron chi connectivity index (χ1n) is 10.6. The van der Waals surface area contributed by atoms with E-state index in [1.54, 1.807) is 18.2 Å². The van der Waals surface area contributed by atoms with E-state index in [1.165, 1.54) is 6.26 Å². The monoisotopic (exact) mass is 443 g/mol. The van der Waals surface area contributed by atoms with Gasteiger partial charge in [-0.25, -0.2) is 4.98 Å². The van der Waals surface area contributed by atoms with Gasteiger partial charge in [-0.3, -0.25) is 9.59 Å². The number of hydrogen-bond acceptors (Lipinski definition) is 6. The minimum absolute atomic E-state index is 0.227. The molecule has 3 heterocycles. The molecule has 0 aliphatic carbocycles. The van der Waals surface area contributed by atoms with Crippen molar-refractivity contribution in [2.45, 2.75) is 0 Å². The minimum Gasteiger partial charge on any atom is -0.486 e. The normalized spacial score (nSPS) is 12.4. The van der Waals surface area contributed by atoms with Gasteiger partial charge in [0.2, 0.25) is 0 Å². The molecule has 1 aliphatic rings. The van der Waals surface area contributed by atoms with Crippen molar-refractivity contribution >= 4 is 22.7 Å². The number of carbonyl (C=O) groups is 2. The SMILES string of the molecule is O=C(NCCNC(=O)c1cc(-c2ccc3c(c2)OCCO3)nc2ccccc12)c1ccco1. The van der Waals surface area contributed by atoms with Crippen LogP contribution < -0.4 is 20.1 Å². The minimum atomic E-state index is -0.329. The van der Waals surface area contributed by atoms with Crippen LogP contribution in [0.2, 0.25) is 0 Å². The van der Waals surface area contributed by atoms with E-state index in [-0.39, 0.29) is 30.7 Å². The molecule has 0 saturated carbocycles. The zero-order chi connectivity index (χ0) is 22.6. The van der Waals surface area contributed by atoms with E-state index in [4.69, 9.17) is 18.9 Å². The molecule has 2 amide bonds. The number of para-hydroxylation sites is 1. The molecule has 0 saturated heterocycles. The summed E-state index contributed by atoms with van der Waals surface area (Å²) in [5.74, 6) is 1.00. The summed E-state index contributed by atoms with van der Waals surface area (Å²) < 4.78 is 16.3. The van der Waals surface area contributed by atoms with Crippen molar-refractivity contribution in [2.75, 3.05) is 26.3 Å². The first kappa shape index (κ1) is 20.6. The Morgan fingerprint density at radius 1 is 0.848 bits per heavy atom. The highest BCUT2D eigenvalue weighted by molar-refractivity contribution is 6.07. The van der Waals surface area contributed by atoms with Gasteiger partial charge in [0.25, 0.3) is 11.8 Å². The van der Waals surface area contributed by atoms with Gasteiger partial charge < -0.3 is 24.5 Å². The molecular weight excluding hydrogens is 422 g/mol. The van der Waals surface area contributed by atoms with Crippen molar-refractivity contribution in [1.82, 2.24) is 15.6 Å². The quantitative estimate of drug-likeness (QED) is 0.443. The van der Waals surface area contributed by atoms with E-state index in [1.807, 2.05) is 42.5 Å². The summed E-state index contributed by atoms with van der Waals surface area (Å²) in [4.78, 5) is 29.7. The first-order valence-corrected chi connectivity index (χ1v) is 10.6. The molecule has 0 bridgehead atoms. The van der Waals surface area contributed by atoms with Gasteiger partial charge in [-0.2, -0.15) is 0 Å². The van der Waals surface area contributed by atoms with Crippen LogP contribution in [0.15, 0.2) is 71.3 Å². The van der Waals surface area contributed by atoms with Crippen LogP contribution in [0.25, 0.3) is 22.2 Å². The lowest BCUT2D eigenvalue weighted by Crippen LogP contribution is -2.34. The van der Waals surface area contributed by atoms with E-state index in [0.29, 0.717) is 41.5 Å². The van der Waals surface area contributed by atoms with Crippen LogP contribution in [0.4, 0.5) is 0 Å². The highest BCUT2D eigenvalue weighted by atomic mass is 16.6. The molecule has 8 nitrogen and oxygen atoms in total. The molecule has 0 fully saturated rings. The Morgan fingerprint density at radius 2 is 1.64 bits per heavy atom. The number of hydrogen-bond donors (Lipinski definition) is 2. The van der Waals surface area contributed by atoms with E-state index >= 15 is 0 Å². The number of furan rings is 1. The van der Waals surface area contributed by atoms with Crippen molar-refractivity contribution in [1.29, 1.82) is 0 Å². The van der Waals surface area contributed by atoms with Crippen LogP contribution in [-0.2, 0) is 0 Å². The fourth-order valence-corrected chi connectivity index (χ4v) is 3.66. The zero-order valence-corrected chi connectivity index (χ0v) is 17.7. The Morgan fingerprint density at radius 3 is 2.45 bits per heavy atom. The summed E-state index contributed by atoms with van der Waals surface area (Å²) in [6, 6.07) is 18.1. The lowest BCUT2D eigenvalue weighted by Gasteiger charge is -2.19. The molecule has 4 aromatic rings. The molecule has 33 heavy (non-hydrogen) atoms. The molecule has 2 aromatic carbocycles. The largest absolute Gasteiger partial charge is 0.486 e. The Kier molecular flexibility index (Phi) is 5.63. The number of ether oxygens (including phenoxy) is 2. The third-order valence-electron chi connectivity index (χ3n) is 5.24. The lowest BCUT2D eigenvalue weighted by molar-refractivity contribution is 0.0911. The molecular formula is C25H21N3O5. The Balaban J connectivity index is 1.36. The summed E-state index contributed by atoms with van der Waals surface area (Å²) >= 11 is 0. The summed E-state index contributed by atoms with van der Waals surface area (Å²) in [5, 5.41) is 6.32. The number of aromatic nitrogens is 1. The van der Waals surface area contributed by atoms with E-state index in [0.717, 1.165) is 10.9 Å². The molecule has 0 spiro atoms. The molecule has 1 aliphatic heterocycles. The average molecular weight is 443 g/mol. The number of rotatable bonds is 6. The van der Waals surface area contributed by atoms with Gasteiger partial charge in [0.05, 0.1) is 23.0 Å². The molecule has 0 unspecified atom stereocenters. The van der Waals surface area contributed by atoms with Crippen LogP contribution in [0.5, 0.6) is 11.5 Å². The van der Waals surface area contributed by atoms with E-state index in [9.17, 15) is 9.59 Å². The maximum atomic E-state index is 13.0. The Labute approximate surface area is 189 Å². The predicted molar refractivity (Wildman–Crippen MR) is 122 cm³/mol. The van der Waals surface area contributed by atoms with Crippen molar-refractivity contribution in [3.63, 3.8) is 0 Å². The number of pyridine rings is 1. The highest BCUT2D eigenvalue weighted by Crippen LogP contribution is 2.35. The fraction of sp³-hybridized carbons (Fsp3) is 0.160. The summed E-state index contributed by atoms with van der Waals surface area (Å²) in [5.41, 5.74) is 2.69. The van der Waals surface area contributed by atoms with Crippen LogP contribution in [0.1, 0.15) is 20.9 Å². The number of nitrogens with one attached hydrogen (secondary N) is 2. The standard InChI is InChI=1S/C25H21N3O5/c29-24(26-9-10-27-25(30)22-6-3-11-31-22)18-15-20(28-19-5-2-1-4-17(18)19)16-7-8-21-23(14-16)33-13-12-32-21/h1-8,11,14-15H,9-10,12-13H2,(H,26,29)(H,27,30). The van der Waals surface area contributed by atoms with Crippen LogP contribution in [0, 0.1) is 0 Å². The van der Waals surface area contributed by atoms with Crippen LogP contribution in [0.3, 0.4) is 0 Å². The van der Waals surface area contributed by atoms with E-state index in [2.05, 4.69) is 10.6 Å². The average Bonchev–Trinajstić information content (AvgIpc) is 3.40. The maximum Gasteiger partial charge on any atom is 0.287 e. The van der Waals surface area contributed by atoms with Gasteiger partial charge in [-0.1, -0.05) is 18.2 Å². The number of nitrogens with zero attached hydrogens (tertiary/aromatic N) is 1. The number of carbonyl (C=O) groups excluding carboxylic acids is 2. The highest BCUT2D eigenvalue weighted by Gasteiger charge is 2.17. The van der Waals surface area contributed by atoms with Crippen molar-refractivity contribution in [3.8, 4) is 22.8 Å². The molecule has 8 heteroatoms. The molecule has 5 rings (SSSR count). The summed E-state index contributed by atoms with van der Waals surface area (Å²) in [7, 11) is 0. The lowest BCUT2D eigenvalue weighted by atomic mass is 10.0. The molecule has 0 atom stereocenters. The molecule has 2 N–H and O–H groups in total. The van der Waals surface area contributed by atoms with Gasteiger partial charge >= 0.3 is 0 Å². The van der Waals surface area contributed by atoms with Gasteiger partial charge in [-0.15, -0.1) is 0 Å². The number of amides is 2. The van der Waals surface area contributed by atoms with Crippen LogP contribution >= 0.6 is 0 Å². The third kappa shape index (κ3) is 4.36. The van der Waals surface area contributed by atoms with Gasteiger partial charge in [0.1, 0.15) is 13.2 Å². The van der Waals surface area contributed by atoms with Crippen molar-refractivity contribution in [3.05, 3.63) is 78.3 Å². The zero-order valence-electron chi connectivity index (χ0n) is 17.7. The van der Waals surface area contributed by atoms with Gasteiger partial charge in [0.15, 0.2) is 17.3 Å². The molecule has 0 radical (unpaired) electrons. The Bertz CT molecular complexity index is 1320. The topological polar surface area (TPSA) is 103 Å². The smallest absolute Gasteiger partial charge is 0.287 e. The van der Waals surface area contributed by atoms with Crippen molar-refractivity contribution < 1.29 is 23.5 Å². The number of fused-ring (bicyclic) bond motifs is 2. The summed E-state index contributed by atoms with van der Waals surface area (Å²) in [6.07, 6.45) is 1.44. The number of benzene rings is 2. The second-order valence-corrected chi connectivity index (χ2v) is 7.42. The maximum absolute atomic E-state index is 13.0. The van der Waals surface area contributed by atoms with E-state index < -0.39 is 0 Å². The third-order valence-corrected chi connectivity index (χ3v) is 5.24. The second-order valence-electron chi connectivity index (χ2n) is 7.42. The molecule has 2 aromatic heterocycles. The predicted octanol–water partition coefficient (Wildman–Crippen LogP) is 3.43. The Hall–Kier alpha value is -4.33. The fourth-order valence-electron chi connectivity index (χ4n) is 3.66. The van der Waals surface area contributed by atoms with Gasteiger partial charge in [0, 0.05) is 24.0 Å². The van der Waals surface area contributed by atoms with Gasteiger partial charge in [-0.05, 0) is 42.5 Å². The summed E-state index contributed by atoms with van der Waals surface area (Å²) in [6.45, 7) is 1.54. The van der Waals surface area contributed by atoms with Crippen molar-refractivity contribution in [2.24, 2.45) is 0 Å².